The predicted molar refractivity (Wildman–Crippen MR) is 77.0 cm³/mol. The summed E-state index contributed by atoms with van der Waals surface area (Å²) in [6.07, 6.45) is 0.984. The number of benzene rings is 1. The topological polar surface area (TPSA) is 54.5 Å². The quantitative estimate of drug-likeness (QED) is 0.908. The number of rotatable bonds is 2. The third-order valence-electron chi connectivity index (χ3n) is 3.21. The molecule has 20 heavy (non-hydrogen) atoms. The summed E-state index contributed by atoms with van der Waals surface area (Å²) in [7, 11) is 3.95. The average Bonchev–Trinajstić information content (AvgIpc) is 2.46. The first-order valence-corrected chi connectivity index (χ1v) is 6.35. The van der Waals surface area contributed by atoms with Gasteiger partial charge in [0.15, 0.2) is 11.6 Å². The fourth-order valence-corrected chi connectivity index (χ4v) is 2.11. The molecular weight excluding hydrogens is 254 g/mol. The van der Waals surface area contributed by atoms with Crippen LogP contribution in [0, 0.1) is 0 Å². The number of carbonyl (C=O) groups excluding carboxylic acids is 1. The van der Waals surface area contributed by atoms with Crippen molar-refractivity contribution in [2.45, 2.75) is 6.10 Å². The number of nitrogens with one attached hydrogen (secondary N) is 1. The van der Waals surface area contributed by atoms with E-state index >= 15 is 0 Å². The molecule has 1 amide bonds. The Hall–Kier alpha value is -2.56. The van der Waals surface area contributed by atoms with Crippen LogP contribution in [0.3, 0.4) is 0 Å². The Morgan fingerprint density at radius 3 is 2.65 bits per heavy atom. The van der Waals surface area contributed by atoms with Crippen molar-refractivity contribution in [1.29, 1.82) is 0 Å². The zero-order chi connectivity index (χ0) is 14.1. The molecule has 0 saturated heterocycles. The molecule has 0 spiro atoms. The number of carbonyl (C=O) groups is 1. The summed E-state index contributed by atoms with van der Waals surface area (Å²) in [5.41, 5.74) is 1.90. The summed E-state index contributed by atoms with van der Waals surface area (Å²) in [5.74, 6) is 0.862. The van der Waals surface area contributed by atoms with Crippen molar-refractivity contribution in [1.82, 2.24) is 4.98 Å². The van der Waals surface area contributed by atoms with Crippen molar-refractivity contribution in [2.75, 3.05) is 24.3 Å². The van der Waals surface area contributed by atoms with Crippen molar-refractivity contribution in [3.63, 3.8) is 0 Å². The summed E-state index contributed by atoms with van der Waals surface area (Å²) < 4.78 is 5.74. The Labute approximate surface area is 117 Å². The van der Waals surface area contributed by atoms with Gasteiger partial charge in [-0.1, -0.05) is 12.1 Å². The summed E-state index contributed by atoms with van der Waals surface area (Å²) in [5, 5.41) is 2.76. The van der Waals surface area contributed by atoms with E-state index in [2.05, 4.69) is 10.3 Å². The number of hydrogen-bond donors (Lipinski definition) is 1. The number of nitrogens with zero attached hydrogens (tertiary/aromatic N) is 2. The van der Waals surface area contributed by atoms with Crippen LogP contribution < -0.4 is 15.0 Å². The minimum absolute atomic E-state index is 0.200. The molecule has 1 aliphatic rings. The first-order chi connectivity index (χ1) is 9.65. The smallest absolute Gasteiger partial charge is 0.271 e. The van der Waals surface area contributed by atoms with Crippen LogP contribution in [0.15, 0.2) is 42.6 Å². The number of fused-ring (bicyclic) bond motifs is 1. The van der Waals surface area contributed by atoms with Gasteiger partial charge in [-0.05, 0) is 24.3 Å². The highest BCUT2D eigenvalue weighted by atomic mass is 16.5. The molecular formula is C15H15N3O2. The van der Waals surface area contributed by atoms with Crippen LogP contribution >= 0.6 is 0 Å². The molecule has 2 heterocycles. The summed E-state index contributed by atoms with van der Waals surface area (Å²) in [6, 6.07) is 11.3. The van der Waals surface area contributed by atoms with E-state index < -0.39 is 6.10 Å². The van der Waals surface area contributed by atoms with E-state index in [-0.39, 0.29) is 5.91 Å². The van der Waals surface area contributed by atoms with Crippen LogP contribution in [0.5, 0.6) is 5.75 Å². The predicted octanol–water partition coefficient (Wildman–Crippen LogP) is 2.22. The third kappa shape index (κ3) is 2.18. The van der Waals surface area contributed by atoms with Gasteiger partial charge in [0.2, 0.25) is 6.10 Å². The molecule has 0 saturated carbocycles. The fourth-order valence-electron chi connectivity index (χ4n) is 2.11. The lowest BCUT2D eigenvalue weighted by Gasteiger charge is -2.25. The largest absolute Gasteiger partial charge is 0.472 e. The van der Waals surface area contributed by atoms with Gasteiger partial charge in [0, 0.05) is 31.5 Å². The normalized spacial score (nSPS) is 16.9. The molecule has 0 aliphatic carbocycles. The Bertz CT molecular complexity index is 638. The van der Waals surface area contributed by atoms with Gasteiger partial charge in [-0.2, -0.15) is 0 Å². The van der Waals surface area contributed by atoms with E-state index in [0.717, 1.165) is 11.3 Å². The monoisotopic (exact) mass is 269 g/mol. The zero-order valence-corrected chi connectivity index (χ0v) is 11.3. The standard InChI is InChI=1S/C15H15N3O2/c1-18(2)11-7-5-10(6-8-11)13-15(19)17-14-12(20-13)4-3-9-16-14/h3-9,13H,1-2H3,(H,16,17,19). The second kappa shape index (κ2) is 4.85. The molecule has 3 rings (SSSR count). The van der Waals surface area contributed by atoms with Crippen molar-refractivity contribution in [2.24, 2.45) is 0 Å². The van der Waals surface area contributed by atoms with Crippen molar-refractivity contribution < 1.29 is 9.53 Å². The van der Waals surface area contributed by atoms with E-state index in [4.69, 9.17) is 4.74 Å². The minimum Gasteiger partial charge on any atom is -0.472 e. The molecule has 0 bridgehead atoms. The van der Waals surface area contributed by atoms with Gasteiger partial charge in [-0.25, -0.2) is 4.98 Å². The van der Waals surface area contributed by atoms with Crippen LogP contribution in [0.1, 0.15) is 11.7 Å². The molecule has 2 aromatic rings. The van der Waals surface area contributed by atoms with Crippen LogP contribution in [-0.2, 0) is 4.79 Å². The van der Waals surface area contributed by atoms with E-state index in [0.29, 0.717) is 11.6 Å². The fraction of sp³-hybridized carbons (Fsp3) is 0.200. The number of ether oxygens (including phenoxy) is 1. The molecule has 0 fully saturated rings. The second-order valence-electron chi connectivity index (χ2n) is 4.82. The highest BCUT2D eigenvalue weighted by molar-refractivity contribution is 5.97. The molecule has 5 heteroatoms. The lowest BCUT2D eigenvalue weighted by Crippen LogP contribution is -2.30. The molecule has 1 aromatic heterocycles. The average molecular weight is 269 g/mol. The maximum Gasteiger partial charge on any atom is 0.271 e. The molecule has 102 valence electrons. The molecule has 1 atom stereocenters. The summed E-state index contributed by atoms with van der Waals surface area (Å²) >= 11 is 0. The molecule has 1 unspecified atom stereocenters. The first kappa shape index (κ1) is 12.5. The van der Waals surface area contributed by atoms with E-state index in [9.17, 15) is 4.79 Å². The van der Waals surface area contributed by atoms with Gasteiger partial charge < -0.3 is 15.0 Å². The minimum atomic E-state index is -0.636. The Balaban J connectivity index is 1.89. The first-order valence-electron chi connectivity index (χ1n) is 6.35. The van der Waals surface area contributed by atoms with Gasteiger partial charge in [0.25, 0.3) is 5.91 Å². The molecule has 0 radical (unpaired) electrons. The lowest BCUT2D eigenvalue weighted by atomic mass is 10.1. The highest BCUT2D eigenvalue weighted by Crippen LogP contribution is 2.33. The third-order valence-corrected chi connectivity index (χ3v) is 3.21. The van der Waals surface area contributed by atoms with Gasteiger partial charge in [0.05, 0.1) is 0 Å². The Morgan fingerprint density at radius 1 is 1.20 bits per heavy atom. The summed E-state index contributed by atoms with van der Waals surface area (Å²) in [6.45, 7) is 0. The number of aromatic nitrogens is 1. The molecule has 1 aromatic carbocycles. The van der Waals surface area contributed by atoms with E-state index in [1.807, 2.05) is 43.3 Å². The maximum absolute atomic E-state index is 12.1. The van der Waals surface area contributed by atoms with Crippen molar-refractivity contribution in [3.8, 4) is 5.75 Å². The molecule has 1 aliphatic heterocycles. The SMILES string of the molecule is CN(C)c1ccc(C2Oc3cccnc3NC2=O)cc1. The van der Waals surface area contributed by atoms with Crippen LogP contribution in [0.4, 0.5) is 11.5 Å². The lowest BCUT2D eigenvalue weighted by molar-refractivity contribution is -0.123. The zero-order valence-electron chi connectivity index (χ0n) is 11.3. The van der Waals surface area contributed by atoms with Crippen LogP contribution in [0.25, 0.3) is 0 Å². The van der Waals surface area contributed by atoms with Gasteiger partial charge in [-0.15, -0.1) is 0 Å². The van der Waals surface area contributed by atoms with Gasteiger partial charge in [-0.3, -0.25) is 4.79 Å². The highest BCUT2D eigenvalue weighted by Gasteiger charge is 2.29. The number of amides is 1. The number of hydrogen-bond acceptors (Lipinski definition) is 4. The van der Waals surface area contributed by atoms with Crippen LogP contribution in [0.2, 0.25) is 0 Å². The Kier molecular flexibility index (Phi) is 3.02. The number of anilines is 2. The van der Waals surface area contributed by atoms with E-state index in [1.54, 1.807) is 18.3 Å². The van der Waals surface area contributed by atoms with Crippen LogP contribution in [-0.4, -0.2) is 25.0 Å². The molecule has 5 nitrogen and oxygen atoms in total. The van der Waals surface area contributed by atoms with E-state index in [1.165, 1.54) is 0 Å². The molecule has 1 N–H and O–H groups in total. The second-order valence-corrected chi connectivity index (χ2v) is 4.82. The Morgan fingerprint density at radius 2 is 1.95 bits per heavy atom. The van der Waals surface area contributed by atoms with Gasteiger partial charge in [0.1, 0.15) is 0 Å². The van der Waals surface area contributed by atoms with Crippen molar-refractivity contribution in [3.05, 3.63) is 48.2 Å². The van der Waals surface area contributed by atoms with Gasteiger partial charge >= 0.3 is 0 Å². The maximum atomic E-state index is 12.1. The van der Waals surface area contributed by atoms with Crippen molar-refractivity contribution >= 4 is 17.4 Å². The summed E-state index contributed by atoms with van der Waals surface area (Å²) in [4.78, 5) is 18.2. The number of pyridine rings is 1.